The van der Waals surface area contributed by atoms with E-state index in [0.717, 1.165) is 0 Å². The van der Waals surface area contributed by atoms with Gasteiger partial charge in [0.05, 0.1) is 20.8 Å². The monoisotopic (exact) mass is 212 g/mol. The van der Waals surface area contributed by atoms with Gasteiger partial charge in [0.2, 0.25) is 0 Å². The third-order valence-corrected chi connectivity index (χ3v) is 1.98. The summed E-state index contributed by atoms with van der Waals surface area (Å²) in [5, 5.41) is 18.3. The summed E-state index contributed by atoms with van der Waals surface area (Å²) in [5.74, 6) is -0.500. The maximum absolute atomic E-state index is 11.3. The largest absolute Gasteiger partial charge is 0.507 e. The van der Waals surface area contributed by atoms with Crippen LogP contribution in [-0.4, -0.2) is 30.4 Å². The highest BCUT2D eigenvalue weighted by Crippen LogP contribution is 2.28. The number of aliphatic hydroxyl groups is 1. The molecule has 2 N–H and O–H groups in total. The molecule has 0 aliphatic rings. The zero-order chi connectivity index (χ0) is 11.4. The van der Waals surface area contributed by atoms with E-state index in [1.807, 2.05) is 0 Å². The summed E-state index contributed by atoms with van der Waals surface area (Å²) in [6, 6.07) is 2.60. The van der Waals surface area contributed by atoms with Crippen LogP contribution in [0.25, 0.3) is 0 Å². The first-order chi connectivity index (χ1) is 7.13. The van der Waals surface area contributed by atoms with Crippen LogP contribution in [0.15, 0.2) is 12.1 Å². The lowest BCUT2D eigenvalue weighted by Crippen LogP contribution is -2.05. The van der Waals surface area contributed by atoms with Crippen molar-refractivity contribution in [1.29, 1.82) is 0 Å². The molecule has 0 saturated carbocycles. The number of carbonyl (C=O) groups is 1. The third kappa shape index (κ3) is 2.19. The number of hydrogen-bond acceptors (Lipinski definition) is 5. The van der Waals surface area contributed by atoms with Crippen molar-refractivity contribution >= 4 is 5.97 Å². The molecule has 0 aliphatic heterocycles. The van der Waals surface area contributed by atoms with Gasteiger partial charge in [-0.2, -0.15) is 0 Å². The van der Waals surface area contributed by atoms with E-state index in [2.05, 4.69) is 4.74 Å². The van der Waals surface area contributed by atoms with Gasteiger partial charge >= 0.3 is 5.97 Å². The normalized spacial score (nSPS) is 9.80. The molecule has 5 nitrogen and oxygen atoms in total. The Morgan fingerprint density at radius 3 is 2.53 bits per heavy atom. The van der Waals surface area contributed by atoms with Crippen molar-refractivity contribution in [1.82, 2.24) is 0 Å². The van der Waals surface area contributed by atoms with Crippen molar-refractivity contribution in [3.05, 3.63) is 23.3 Å². The molecule has 0 heterocycles. The number of hydrogen-bond donors (Lipinski definition) is 2. The second-order valence-corrected chi connectivity index (χ2v) is 2.83. The van der Waals surface area contributed by atoms with E-state index >= 15 is 0 Å². The average molecular weight is 212 g/mol. The van der Waals surface area contributed by atoms with Gasteiger partial charge in [0.25, 0.3) is 0 Å². The first-order valence-electron chi connectivity index (χ1n) is 4.23. The van der Waals surface area contributed by atoms with Gasteiger partial charge in [-0.1, -0.05) is 0 Å². The maximum atomic E-state index is 11.3. The zero-order valence-electron chi connectivity index (χ0n) is 8.48. The predicted molar refractivity (Wildman–Crippen MR) is 51.9 cm³/mol. The van der Waals surface area contributed by atoms with Crippen molar-refractivity contribution in [2.24, 2.45) is 0 Å². The van der Waals surface area contributed by atoms with Gasteiger partial charge in [0.1, 0.15) is 17.1 Å². The van der Waals surface area contributed by atoms with Crippen LogP contribution >= 0.6 is 0 Å². The highest BCUT2D eigenvalue weighted by atomic mass is 16.5. The van der Waals surface area contributed by atoms with Crippen LogP contribution in [0.4, 0.5) is 0 Å². The van der Waals surface area contributed by atoms with Gasteiger partial charge in [-0.25, -0.2) is 4.79 Å². The van der Waals surface area contributed by atoms with Crippen molar-refractivity contribution in [2.75, 3.05) is 14.2 Å². The maximum Gasteiger partial charge on any atom is 0.341 e. The Bertz CT molecular complexity index is 372. The molecule has 0 saturated heterocycles. The van der Waals surface area contributed by atoms with Gasteiger partial charge < -0.3 is 19.7 Å². The SMILES string of the molecule is COC(=O)c1cc(CO)c(O)cc1OC. The van der Waals surface area contributed by atoms with Gasteiger partial charge in [-0.05, 0) is 6.07 Å². The van der Waals surface area contributed by atoms with E-state index in [9.17, 15) is 9.90 Å². The Kier molecular flexibility index (Phi) is 3.51. The fourth-order valence-electron chi connectivity index (χ4n) is 1.18. The average Bonchev–Trinajstić information content (AvgIpc) is 2.27. The number of methoxy groups -OCH3 is 2. The minimum atomic E-state index is -0.582. The van der Waals surface area contributed by atoms with Crippen LogP contribution in [0.5, 0.6) is 11.5 Å². The molecule has 15 heavy (non-hydrogen) atoms. The second-order valence-electron chi connectivity index (χ2n) is 2.83. The topological polar surface area (TPSA) is 76.0 Å². The summed E-state index contributed by atoms with van der Waals surface area (Å²) in [6.45, 7) is -0.361. The first kappa shape index (κ1) is 11.3. The van der Waals surface area contributed by atoms with E-state index in [0.29, 0.717) is 0 Å². The van der Waals surface area contributed by atoms with Gasteiger partial charge in [-0.15, -0.1) is 0 Å². The summed E-state index contributed by atoms with van der Waals surface area (Å²) in [7, 11) is 2.62. The van der Waals surface area contributed by atoms with Crippen molar-refractivity contribution in [2.45, 2.75) is 6.61 Å². The number of esters is 1. The van der Waals surface area contributed by atoms with Crippen LogP contribution in [0.3, 0.4) is 0 Å². The van der Waals surface area contributed by atoms with Crippen molar-refractivity contribution < 1.29 is 24.5 Å². The van der Waals surface area contributed by atoms with Crippen LogP contribution < -0.4 is 4.74 Å². The summed E-state index contributed by atoms with van der Waals surface area (Å²) < 4.78 is 9.44. The molecule has 0 amide bonds. The molecular formula is C10H12O5. The lowest BCUT2D eigenvalue weighted by molar-refractivity contribution is 0.0597. The van der Waals surface area contributed by atoms with E-state index < -0.39 is 5.97 Å². The van der Waals surface area contributed by atoms with Gasteiger partial charge in [0, 0.05) is 11.6 Å². The number of carbonyl (C=O) groups excluding carboxylic acids is 1. The number of aliphatic hydroxyl groups excluding tert-OH is 1. The lowest BCUT2D eigenvalue weighted by atomic mass is 10.1. The second kappa shape index (κ2) is 4.65. The van der Waals surface area contributed by atoms with E-state index in [1.165, 1.54) is 26.4 Å². The minimum absolute atomic E-state index is 0.123. The molecule has 0 aliphatic carbocycles. The van der Waals surface area contributed by atoms with E-state index in [1.54, 1.807) is 0 Å². The molecule has 0 atom stereocenters. The van der Waals surface area contributed by atoms with Crippen molar-refractivity contribution in [3.63, 3.8) is 0 Å². The summed E-state index contributed by atoms with van der Waals surface area (Å²) in [5.41, 5.74) is 0.415. The lowest BCUT2D eigenvalue weighted by Gasteiger charge is -2.09. The van der Waals surface area contributed by atoms with Crippen LogP contribution in [0.2, 0.25) is 0 Å². The molecular weight excluding hydrogens is 200 g/mol. The Morgan fingerprint density at radius 1 is 1.40 bits per heavy atom. The Morgan fingerprint density at radius 2 is 2.07 bits per heavy atom. The molecule has 1 aromatic carbocycles. The number of phenols is 1. The third-order valence-electron chi connectivity index (χ3n) is 1.98. The quantitative estimate of drug-likeness (QED) is 0.720. The number of aromatic hydroxyl groups is 1. The summed E-state index contributed by atoms with van der Waals surface area (Å²) in [4.78, 5) is 11.3. The van der Waals surface area contributed by atoms with Gasteiger partial charge in [0.15, 0.2) is 0 Å². The highest BCUT2D eigenvalue weighted by Gasteiger charge is 2.16. The summed E-state index contributed by atoms with van der Waals surface area (Å²) >= 11 is 0. The van der Waals surface area contributed by atoms with E-state index in [4.69, 9.17) is 9.84 Å². The Labute approximate surface area is 86.9 Å². The van der Waals surface area contributed by atoms with Crippen LogP contribution in [-0.2, 0) is 11.3 Å². The molecule has 1 aromatic rings. The molecule has 0 radical (unpaired) electrons. The molecule has 82 valence electrons. The van der Waals surface area contributed by atoms with Crippen LogP contribution in [0, 0.1) is 0 Å². The number of rotatable bonds is 3. The zero-order valence-corrected chi connectivity index (χ0v) is 8.48. The van der Waals surface area contributed by atoms with Gasteiger partial charge in [-0.3, -0.25) is 0 Å². The molecule has 0 unspecified atom stereocenters. The molecule has 0 aromatic heterocycles. The number of ether oxygens (including phenoxy) is 2. The fourth-order valence-corrected chi connectivity index (χ4v) is 1.18. The van der Waals surface area contributed by atoms with E-state index in [-0.39, 0.29) is 29.2 Å². The Balaban J connectivity index is 3.28. The number of benzene rings is 1. The molecule has 5 heteroatoms. The van der Waals surface area contributed by atoms with Crippen LogP contribution in [0.1, 0.15) is 15.9 Å². The molecule has 0 spiro atoms. The highest BCUT2D eigenvalue weighted by molar-refractivity contribution is 5.93. The standard InChI is InChI=1S/C10H12O5/c1-14-9-4-8(12)6(5-11)3-7(9)10(13)15-2/h3-4,11-12H,5H2,1-2H3. The molecule has 0 fully saturated rings. The predicted octanol–water partition coefficient (Wildman–Crippen LogP) is 0.680. The minimum Gasteiger partial charge on any atom is -0.507 e. The summed E-state index contributed by atoms with van der Waals surface area (Å²) in [6.07, 6.45) is 0. The van der Waals surface area contributed by atoms with Crippen molar-refractivity contribution in [3.8, 4) is 11.5 Å². The molecule has 0 bridgehead atoms. The first-order valence-corrected chi connectivity index (χ1v) is 4.23. The Hall–Kier alpha value is -1.75. The molecule has 1 rings (SSSR count). The fraction of sp³-hybridized carbons (Fsp3) is 0.300. The smallest absolute Gasteiger partial charge is 0.341 e.